The van der Waals surface area contributed by atoms with Gasteiger partial charge in [-0.3, -0.25) is 4.79 Å². The highest BCUT2D eigenvalue weighted by atomic mass is 32.2. The van der Waals surface area contributed by atoms with Gasteiger partial charge in [0, 0.05) is 30.2 Å². The fourth-order valence-corrected chi connectivity index (χ4v) is 4.81. The fourth-order valence-electron chi connectivity index (χ4n) is 3.86. The van der Waals surface area contributed by atoms with Gasteiger partial charge in [-0.25, -0.2) is 9.29 Å². The molecule has 35 heavy (non-hydrogen) atoms. The molecule has 1 amide bonds. The van der Waals surface area contributed by atoms with Crippen molar-refractivity contribution in [3.05, 3.63) is 66.4 Å². The van der Waals surface area contributed by atoms with E-state index in [0.717, 1.165) is 54.2 Å². The number of nitrogens with one attached hydrogen (secondary N) is 2. The van der Waals surface area contributed by atoms with E-state index in [1.165, 1.54) is 6.07 Å². The van der Waals surface area contributed by atoms with Crippen LogP contribution in [0.2, 0.25) is 0 Å². The number of hydrogen-bond acceptors (Lipinski definition) is 6. The van der Waals surface area contributed by atoms with Gasteiger partial charge in [-0.2, -0.15) is 13.2 Å². The first-order valence-corrected chi connectivity index (χ1v) is 11.8. The molecule has 0 aliphatic carbocycles. The van der Waals surface area contributed by atoms with Crippen molar-refractivity contribution in [3.8, 4) is 16.9 Å². The largest absolute Gasteiger partial charge is 0.495 e. The van der Waals surface area contributed by atoms with Crippen LogP contribution in [0.15, 0.2) is 65.7 Å². The number of ether oxygens (including phenoxy) is 1. The van der Waals surface area contributed by atoms with Crippen LogP contribution in [0.3, 0.4) is 0 Å². The number of carbonyl (C=O) groups is 1. The van der Waals surface area contributed by atoms with Crippen LogP contribution < -0.4 is 15.4 Å². The SMILES string of the molecule is COc1cc(-c2ccc(SN3CCC(Nc4ccc(C(F)(F)F)cn4)CC3)cc2)ccc1NC=O. The number of rotatable bonds is 8. The average molecular weight is 503 g/mol. The lowest BCUT2D eigenvalue weighted by molar-refractivity contribution is -0.137. The summed E-state index contributed by atoms with van der Waals surface area (Å²) in [6, 6.07) is 16.5. The van der Waals surface area contributed by atoms with Gasteiger partial charge in [-0.15, -0.1) is 0 Å². The van der Waals surface area contributed by atoms with Gasteiger partial charge in [0.15, 0.2) is 0 Å². The van der Waals surface area contributed by atoms with Crippen molar-refractivity contribution >= 4 is 29.9 Å². The molecule has 6 nitrogen and oxygen atoms in total. The van der Waals surface area contributed by atoms with E-state index in [0.29, 0.717) is 23.7 Å². The van der Waals surface area contributed by atoms with E-state index < -0.39 is 11.7 Å². The summed E-state index contributed by atoms with van der Waals surface area (Å²) in [4.78, 5) is 15.8. The smallest absolute Gasteiger partial charge is 0.417 e. The fraction of sp³-hybridized carbons (Fsp3) is 0.280. The Hall–Kier alpha value is -3.24. The number of halogens is 3. The Bertz CT molecular complexity index is 1130. The van der Waals surface area contributed by atoms with Crippen LogP contribution in [0.4, 0.5) is 24.7 Å². The van der Waals surface area contributed by atoms with Gasteiger partial charge in [0.05, 0.1) is 18.4 Å². The quantitative estimate of drug-likeness (QED) is 0.294. The molecule has 184 valence electrons. The van der Waals surface area contributed by atoms with E-state index in [2.05, 4.69) is 44.2 Å². The number of amides is 1. The Labute approximate surface area is 206 Å². The molecule has 0 spiro atoms. The molecule has 1 fully saturated rings. The number of alkyl halides is 3. The van der Waals surface area contributed by atoms with Gasteiger partial charge in [0.1, 0.15) is 11.6 Å². The van der Waals surface area contributed by atoms with Crippen LogP contribution >= 0.6 is 11.9 Å². The van der Waals surface area contributed by atoms with E-state index in [-0.39, 0.29) is 6.04 Å². The number of benzene rings is 2. The Balaban J connectivity index is 1.29. The number of carbonyl (C=O) groups excluding carboxylic acids is 1. The van der Waals surface area contributed by atoms with Gasteiger partial charge < -0.3 is 15.4 Å². The van der Waals surface area contributed by atoms with Crippen LogP contribution in [0.25, 0.3) is 11.1 Å². The molecular formula is C25H25F3N4O2S. The van der Waals surface area contributed by atoms with E-state index in [1.807, 2.05) is 18.2 Å². The molecule has 0 atom stereocenters. The summed E-state index contributed by atoms with van der Waals surface area (Å²) in [7, 11) is 1.56. The summed E-state index contributed by atoms with van der Waals surface area (Å²) in [6.45, 7) is 1.71. The zero-order chi connectivity index (χ0) is 24.8. The normalized spacial score (nSPS) is 15.0. The third kappa shape index (κ3) is 6.46. The number of nitrogens with zero attached hydrogens (tertiary/aromatic N) is 2. The summed E-state index contributed by atoms with van der Waals surface area (Å²) >= 11 is 1.69. The van der Waals surface area contributed by atoms with Crippen molar-refractivity contribution < 1.29 is 22.7 Å². The minimum absolute atomic E-state index is 0.171. The standard InChI is InChI=1S/C25H25F3N4O2S/c1-34-23-14-18(4-8-22(23)30-16-33)17-2-6-21(7-3-17)35-32-12-10-20(11-13-32)31-24-9-5-19(15-29-24)25(26,27)28/h2-9,14-16,20H,10-13H2,1H3,(H,29,31)(H,30,33). The Morgan fingerprint density at radius 3 is 2.37 bits per heavy atom. The summed E-state index contributed by atoms with van der Waals surface area (Å²) in [5, 5.41) is 5.86. The Morgan fingerprint density at radius 2 is 1.77 bits per heavy atom. The first-order chi connectivity index (χ1) is 16.9. The number of methoxy groups -OCH3 is 1. The third-order valence-electron chi connectivity index (χ3n) is 5.73. The van der Waals surface area contributed by atoms with Gasteiger partial charge in [-0.1, -0.05) is 18.2 Å². The van der Waals surface area contributed by atoms with Crippen molar-refractivity contribution in [1.29, 1.82) is 0 Å². The van der Waals surface area contributed by atoms with Gasteiger partial charge in [-0.05, 0) is 72.3 Å². The Kier molecular flexibility index (Phi) is 7.82. The second-order valence-corrected chi connectivity index (χ2v) is 9.24. The molecule has 4 rings (SSSR count). The third-order valence-corrected chi connectivity index (χ3v) is 6.84. The molecule has 0 saturated carbocycles. The minimum Gasteiger partial charge on any atom is -0.495 e. The molecule has 1 aliphatic heterocycles. The van der Waals surface area contributed by atoms with E-state index in [1.54, 1.807) is 19.1 Å². The average Bonchev–Trinajstić information content (AvgIpc) is 2.86. The topological polar surface area (TPSA) is 66.5 Å². The van der Waals surface area contributed by atoms with Crippen LogP contribution in [-0.2, 0) is 11.0 Å². The number of hydrogen-bond donors (Lipinski definition) is 2. The molecule has 10 heteroatoms. The summed E-state index contributed by atoms with van der Waals surface area (Å²) in [5.74, 6) is 1.06. The molecule has 2 N–H and O–H groups in total. The van der Waals surface area contributed by atoms with Crippen molar-refractivity contribution in [2.75, 3.05) is 30.8 Å². The molecular weight excluding hydrogens is 477 g/mol. The van der Waals surface area contributed by atoms with Crippen molar-refractivity contribution in [1.82, 2.24) is 9.29 Å². The van der Waals surface area contributed by atoms with Crippen LogP contribution in [0.1, 0.15) is 18.4 Å². The summed E-state index contributed by atoms with van der Waals surface area (Å²) < 4.78 is 45.7. The maximum atomic E-state index is 12.7. The lowest BCUT2D eigenvalue weighted by Crippen LogP contribution is -2.35. The highest BCUT2D eigenvalue weighted by Crippen LogP contribution is 2.33. The van der Waals surface area contributed by atoms with Crippen LogP contribution in [0.5, 0.6) is 5.75 Å². The van der Waals surface area contributed by atoms with Crippen molar-refractivity contribution in [3.63, 3.8) is 0 Å². The van der Waals surface area contributed by atoms with E-state index >= 15 is 0 Å². The predicted octanol–water partition coefficient (Wildman–Crippen LogP) is 5.93. The van der Waals surface area contributed by atoms with E-state index in [9.17, 15) is 18.0 Å². The second kappa shape index (κ2) is 11.0. The Morgan fingerprint density at radius 1 is 1.06 bits per heavy atom. The molecule has 2 aromatic carbocycles. The van der Waals surface area contributed by atoms with Gasteiger partial charge in [0.25, 0.3) is 0 Å². The molecule has 0 unspecified atom stereocenters. The zero-order valence-corrected chi connectivity index (χ0v) is 19.8. The highest BCUT2D eigenvalue weighted by molar-refractivity contribution is 7.97. The predicted molar refractivity (Wildman–Crippen MR) is 131 cm³/mol. The maximum Gasteiger partial charge on any atom is 0.417 e. The minimum atomic E-state index is -4.38. The number of anilines is 2. The molecule has 0 radical (unpaired) electrons. The van der Waals surface area contributed by atoms with Crippen molar-refractivity contribution in [2.24, 2.45) is 0 Å². The van der Waals surface area contributed by atoms with Crippen molar-refractivity contribution in [2.45, 2.75) is 30.0 Å². The second-order valence-electron chi connectivity index (χ2n) is 8.07. The molecule has 3 aromatic rings. The number of pyridine rings is 1. The zero-order valence-electron chi connectivity index (χ0n) is 19.0. The van der Waals surface area contributed by atoms with Gasteiger partial charge >= 0.3 is 6.18 Å². The van der Waals surface area contributed by atoms with Crippen LogP contribution in [-0.4, -0.2) is 41.9 Å². The lowest BCUT2D eigenvalue weighted by atomic mass is 10.0. The summed E-state index contributed by atoms with van der Waals surface area (Å²) in [6.07, 6.45) is -1.15. The summed E-state index contributed by atoms with van der Waals surface area (Å²) in [5.41, 5.74) is 1.90. The van der Waals surface area contributed by atoms with Crippen LogP contribution in [0, 0.1) is 0 Å². The molecule has 1 aromatic heterocycles. The highest BCUT2D eigenvalue weighted by Gasteiger charge is 2.30. The number of piperidine rings is 1. The monoisotopic (exact) mass is 502 g/mol. The molecule has 1 aliphatic rings. The van der Waals surface area contributed by atoms with E-state index in [4.69, 9.17) is 4.74 Å². The molecule has 0 bridgehead atoms. The number of aromatic nitrogens is 1. The molecule has 2 heterocycles. The lowest BCUT2D eigenvalue weighted by Gasteiger charge is -2.31. The first-order valence-electron chi connectivity index (χ1n) is 11.1. The first kappa shape index (κ1) is 24.9. The molecule has 1 saturated heterocycles. The van der Waals surface area contributed by atoms with Gasteiger partial charge in [0.2, 0.25) is 6.41 Å². The maximum absolute atomic E-state index is 12.7.